The number of nitrogens with zero attached hydrogens (tertiary/aromatic N) is 1. The fourth-order valence-corrected chi connectivity index (χ4v) is 5.65. The average Bonchev–Trinajstić information content (AvgIpc) is 3.27. The van der Waals surface area contributed by atoms with Crippen LogP contribution in [0.25, 0.3) is 11.3 Å². The first-order valence-corrected chi connectivity index (χ1v) is 11.2. The third-order valence-electron chi connectivity index (χ3n) is 6.20. The maximum Gasteiger partial charge on any atom is 0.255 e. The van der Waals surface area contributed by atoms with Gasteiger partial charge in [-0.15, -0.1) is 0 Å². The number of H-pyrrole nitrogens is 1. The van der Waals surface area contributed by atoms with Crippen LogP contribution in [0.15, 0.2) is 64.5 Å². The molecular weight excluding hydrogens is 364 g/mol. The van der Waals surface area contributed by atoms with Gasteiger partial charge in [-0.05, 0) is 42.2 Å². The predicted octanol–water partition coefficient (Wildman–Crippen LogP) is 5.56. The summed E-state index contributed by atoms with van der Waals surface area (Å²) < 4.78 is 0. The van der Waals surface area contributed by atoms with E-state index in [0.717, 1.165) is 34.2 Å². The molecule has 3 nitrogen and oxygen atoms in total. The molecule has 1 atom stereocenters. The van der Waals surface area contributed by atoms with E-state index in [9.17, 15) is 4.79 Å². The van der Waals surface area contributed by atoms with Crippen molar-refractivity contribution in [2.45, 2.75) is 48.9 Å². The van der Waals surface area contributed by atoms with Crippen LogP contribution in [0, 0.1) is 5.92 Å². The van der Waals surface area contributed by atoms with Crippen LogP contribution in [0.1, 0.15) is 48.3 Å². The molecule has 3 aromatic rings. The Hall–Kier alpha value is -2.33. The zero-order valence-corrected chi connectivity index (χ0v) is 16.7. The van der Waals surface area contributed by atoms with Crippen molar-refractivity contribution in [3.8, 4) is 11.3 Å². The molecule has 1 unspecified atom stereocenters. The number of hydrogen-bond acceptors (Lipinski definition) is 3. The number of fused-ring (bicyclic) bond motifs is 3. The molecular formula is C24H24N2OS. The molecule has 0 amide bonds. The van der Waals surface area contributed by atoms with Gasteiger partial charge in [0.1, 0.15) is 0 Å². The lowest BCUT2D eigenvalue weighted by Crippen LogP contribution is -2.28. The van der Waals surface area contributed by atoms with Crippen LogP contribution in [-0.4, -0.2) is 9.97 Å². The quantitative estimate of drug-likeness (QED) is 0.470. The number of benzene rings is 2. The summed E-state index contributed by atoms with van der Waals surface area (Å²) in [5, 5.41) is 0.717. The second-order valence-electron chi connectivity index (χ2n) is 7.92. The normalized spacial score (nSPS) is 18.6. The maximum atomic E-state index is 13.2. The maximum absolute atomic E-state index is 13.2. The summed E-state index contributed by atoms with van der Waals surface area (Å²) in [6.45, 7) is 0. The Balaban J connectivity index is 1.54. The number of thioether (sulfide) groups is 1. The zero-order valence-electron chi connectivity index (χ0n) is 15.9. The first kappa shape index (κ1) is 17.7. The summed E-state index contributed by atoms with van der Waals surface area (Å²) in [5.74, 6) is 1.71. The van der Waals surface area contributed by atoms with Crippen molar-refractivity contribution in [2.24, 2.45) is 5.92 Å². The number of aromatic nitrogens is 2. The molecule has 0 radical (unpaired) electrons. The topological polar surface area (TPSA) is 45.8 Å². The second-order valence-corrected chi connectivity index (χ2v) is 8.88. The van der Waals surface area contributed by atoms with Gasteiger partial charge < -0.3 is 4.98 Å². The summed E-state index contributed by atoms with van der Waals surface area (Å²) in [5.41, 5.74) is 5.61. The van der Waals surface area contributed by atoms with Crippen molar-refractivity contribution in [1.82, 2.24) is 9.97 Å². The summed E-state index contributed by atoms with van der Waals surface area (Å²) in [7, 11) is 0. The van der Waals surface area contributed by atoms with Gasteiger partial charge in [0.25, 0.3) is 5.56 Å². The highest BCUT2D eigenvalue weighted by Gasteiger charge is 2.35. The van der Waals surface area contributed by atoms with Crippen LogP contribution in [0.2, 0.25) is 0 Å². The van der Waals surface area contributed by atoms with Crippen LogP contribution >= 0.6 is 11.8 Å². The van der Waals surface area contributed by atoms with E-state index < -0.39 is 0 Å². The fourth-order valence-electron chi connectivity index (χ4n) is 4.84. The van der Waals surface area contributed by atoms with Gasteiger partial charge in [0, 0.05) is 16.9 Å². The second kappa shape index (κ2) is 7.59. The number of aromatic amines is 1. The minimum atomic E-state index is 0.0620. The van der Waals surface area contributed by atoms with Crippen LogP contribution in [0.4, 0.5) is 0 Å². The van der Waals surface area contributed by atoms with E-state index in [4.69, 9.17) is 4.98 Å². The Morgan fingerprint density at radius 1 is 1.00 bits per heavy atom. The van der Waals surface area contributed by atoms with Gasteiger partial charge in [-0.1, -0.05) is 79.2 Å². The first-order chi connectivity index (χ1) is 13.8. The fraction of sp³-hybridized carbons (Fsp3) is 0.333. The molecule has 1 saturated carbocycles. The van der Waals surface area contributed by atoms with Crippen LogP contribution < -0.4 is 5.56 Å². The molecule has 1 heterocycles. The minimum Gasteiger partial charge on any atom is -0.301 e. The number of hydrogen-bond donors (Lipinski definition) is 1. The van der Waals surface area contributed by atoms with Crippen LogP contribution in [0.3, 0.4) is 0 Å². The Bertz CT molecular complexity index is 1040. The largest absolute Gasteiger partial charge is 0.301 e. The monoisotopic (exact) mass is 388 g/mol. The van der Waals surface area contributed by atoms with Crippen molar-refractivity contribution < 1.29 is 0 Å². The lowest BCUT2D eigenvalue weighted by molar-refractivity contribution is 0.424. The van der Waals surface area contributed by atoms with Crippen molar-refractivity contribution in [2.75, 3.05) is 0 Å². The molecule has 0 saturated heterocycles. The molecule has 4 heteroatoms. The van der Waals surface area contributed by atoms with Gasteiger partial charge in [-0.3, -0.25) is 4.79 Å². The molecule has 2 aliphatic carbocycles. The molecule has 1 aromatic heterocycles. The van der Waals surface area contributed by atoms with Crippen LogP contribution in [-0.2, 0) is 12.2 Å². The smallest absolute Gasteiger partial charge is 0.255 e. The zero-order chi connectivity index (χ0) is 18.9. The Morgan fingerprint density at radius 3 is 2.57 bits per heavy atom. The molecule has 2 aromatic carbocycles. The summed E-state index contributed by atoms with van der Waals surface area (Å²) in [4.78, 5) is 21.2. The number of rotatable bonds is 4. The highest BCUT2D eigenvalue weighted by molar-refractivity contribution is 7.98. The molecule has 0 spiro atoms. The van der Waals surface area contributed by atoms with Gasteiger partial charge in [0.05, 0.1) is 5.69 Å². The van der Waals surface area contributed by atoms with Crippen molar-refractivity contribution in [3.63, 3.8) is 0 Å². The molecule has 5 rings (SSSR count). The molecule has 2 aliphatic rings. The van der Waals surface area contributed by atoms with Gasteiger partial charge >= 0.3 is 0 Å². The highest BCUT2D eigenvalue weighted by Crippen LogP contribution is 2.45. The average molecular weight is 389 g/mol. The SMILES string of the molecule is O=c1[nH]c(SCc2ccccc2)nc2c1C(C1CCCC1)Cc1ccccc1-2. The van der Waals surface area contributed by atoms with E-state index in [-0.39, 0.29) is 5.56 Å². The molecule has 28 heavy (non-hydrogen) atoms. The van der Waals surface area contributed by atoms with E-state index in [1.54, 1.807) is 11.8 Å². The third kappa shape index (κ3) is 3.30. The molecule has 1 N–H and O–H groups in total. The van der Waals surface area contributed by atoms with Crippen molar-refractivity contribution in [1.29, 1.82) is 0 Å². The summed E-state index contributed by atoms with van der Waals surface area (Å²) in [6.07, 6.45) is 6.00. The Kier molecular flexibility index (Phi) is 4.81. The molecule has 142 valence electrons. The van der Waals surface area contributed by atoms with Gasteiger partial charge in [-0.25, -0.2) is 4.98 Å². The Morgan fingerprint density at radius 2 is 1.75 bits per heavy atom. The molecule has 0 bridgehead atoms. The van der Waals surface area contributed by atoms with E-state index in [2.05, 4.69) is 41.4 Å². The van der Waals surface area contributed by atoms with Crippen LogP contribution in [0.5, 0.6) is 0 Å². The molecule has 1 fully saturated rings. The third-order valence-corrected chi connectivity index (χ3v) is 7.15. The summed E-state index contributed by atoms with van der Waals surface area (Å²) in [6, 6.07) is 18.8. The summed E-state index contributed by atoms with van der Waals surface area (Å²) >= 11 is 1.60. The Labute approximate surface area is 169 Å². The minimum absolute atomic E-state index is 0.0620. The standard InChI is InChI=1S/C24H24N2OS/c27-23-21-20(17-10-4-5-11-17)14-18-12-6-7-13-19(18)22(21)25-24(26-23)28-15-16-8-2-1-3-9-16/h1-3,6-9,12-13,17,20H,4-5,10-11,14-15H2,(H,25,26,27). The van der Waals surface area contributed by atoms with E-state index in [0.29, 0.717) is 11.8 Å². The van der Waals surface area contributed by atoms with Gasteiger partial charge in [0.2, 0.25) is 0 Å². The highest BCUT2D eigenvalue weighted by atomic mass is 32.2. The van der Waals surface area contributed by atoms with E-state index in [1.165, 1.54) is 36.8 Å². The predicted molar refractivity (Wildman–Crippen MR) is 115 cm³/mol. The lowest BCUT2D eigenvalue weighted by Gasteiger charge is -2.30. The number of nitrogens with one attached hydrogen (secondary N) is 1. The lowest BCUT2D eigenvalue weighted by atomic mass is 9.74. The van der Waals surface area contributed by atoms with Gasteiger partial charge in [0.15, 0.2) is 5.16 Å². The molecule has 0 aliphatic heterocycles. The van der Waals surface area contributed by atoms with Crippen molar-refractivity contribution >= 4 is 11.8 Å². The van der Waals surface area contributed by atoms with Gasteiger partial charge in [-0.2, -0.15) is 0 Å². The van der Waals surface area contributed by atoms with Crippen molar-refractivity contribution in [3.05, 3.63) is 81.6 Å². The van der Waals surface area contributed by atoms with E-state index >= 15 is 0 Å². The first-order valence-electron chi connectivity index (χ1n) is 10.2. The van der Waals surface area contributed by atoms with E-state index in [1.807, 2.05) is 18.2 Å².